The SMILES string of the molecule is Cc1ccc(CN2C(=O)C=C(Nc3cc(F)c(O)c(F)c3)C2=O)cc1. The van der Waals surface area contributed by atoms with Crippen molar-refractivity contribution < 1.29 is 23.5 Å². The third kappa shape index (κ3) is 3.35. The molecule has 2 aromatic carbocycles. The molecule has 1 heterocycles. The molecular weight excluding hydrogens is 330 g/mol. The number of phenols is 1. The zero-order valence-corrected chi connectivity index (χ0v) is 13.2. The van der Waals surface area contributed by atoms with Crippen LogP contribution in [0.1, 0.15) is 11.1 Å². The number of carbonyl (C=O) groups is 2. The van der Waals surface area contributed by atoms with Gasteiger partial charge in [0, 0.05) is 23.9 Å². The first-order valence-corrected chi connectivity index (χ1v) is 7.43. The molecule has 0 atom stereocenters. The molecule has 1 aliphatic rings. The second-order valence-corrected chi connectivity index (χ2v) is 5.69. The van der Waals surface area contributed by atoms with Crippen LogP contribution < -0.4 is 5.32 Å². The summed E-state index contributed by atoms with van der Waals surface area (Å²) in [5.41, 5.74) is 1.65. The zero-order valence-electron chi connectivity index (χ0n) is 13.2. The van der Waals surface area contributed by atoms with Crippen LogP contribution in [0.2, 0.25) is 0 Å². The minimum atomic E-state index is -1.17. The molecule has 0 aromatic heterocycles. The van der Waals surface area contributed by atoms with Crippen molar-refractivity contribution in [1.82, 2.24) is 4.90 Å². The van der Waals surface area contributed by atoms with Crippen LogP contribution in [0.3, 0.4) is 0 Å². The average Bonchev–Trinajstić information content (AvgIpc) is 2.82. The number of anilines is 1. The number of imide groups is 1. The Labute approximate surface area is 142 Å². The van der Waals surface area contributed by atoms with Crippen molar-refractivity contribution in [2.75, 3.05) is 5.32 Å². The van der Waals surface area contributed by atoms with Gasteiger partial charge in [0.05, 0.1) is 6.54 Å². The van der Waals surface area contributed by atoms with E-state index in [0.717, 1.165) is 34.2 Å². The van der Waals surface area contributed by atoms with E-state index in [1.54, 1.807) is 0 Å². The van der Waals surface area contributed by atoms with Gasteiger partial charge in [0.1, 0.15) is 5.70 Å². The van der Waals surface area contributed by atoms with Crippen LogP contribution in [-0.4, -0.2) is 21.8 Å². The van der Waals surface area contributed by atoms with Gasteiger partial charge >= 0.3 is 0 Å². The van der Waals surface area contributed by atoms with Crippen molar-refractivity contribution in [1.29, 1.82) is 0 Å². The second-order valence-electron chi connectivity index (χ2n) is 5.69. The Morgan fingerprint density at radius 2 is 1.68 bits per heavy atom. The lowest BCUT2D eigenvalue weighted by molar-refractivity contribution is -0.137. The van der Waals surface area contributed by atoms with Crippen molar-refractivity contribution in [3.05, 3.63) is 70.9 Å². The Kier molecular flexibility index (Phi) is 4.22. The van der Waals surface area contributed by atoms with E-state index in [9.17, 15) is 18.4 Å². The summed E-state index contributed by atoms with van der Waals surface area (Å²) in [7, 11) is 0. The van der Waals surface area contributed by atoms with Crippen molar-refractivity contribution in [3.63, 3.8) is 0 Å². The normalized spacial score (nSPS) is 14.0. The lowest BCUT2D eigenvalue weighted by Gasteiger charge is -2.15. The summed E-state index contributed by atoms with van der Waals surface area (Å²) >= 11 is 0. The van der Waals surface area contributed by atoms with Crippen LogP contribution in [0.15, 0.2) is 48.2 Å². The highest BCUT2D eigenvalue weighted by atomic mass is 19.1. The number of nitrogens with zero attached hydrogens (tertiary/aromatic N) is 1. The fourth-order valence-electron chi connectivity index (χ4n) is 2.42. The molecule has 0 aliphatic carbocycles. The van der Waals surface area contributed by atoms with E-state index in [1.807, 2.05) is 31.2 Å². The van der Waals surface area contributed by atoms with Crippen LogP contribution in [-0.2, 0) is 16.1 Å². The van der Waals surface area contributed by atoms with Gasteiger partial charge in [-0.15, -0.1) is 0 Å². The topological polar surface area (TPSA) is 69.6 Å². The molecule has 128 valence electrons. The van der Waals surface area contributed by atoms with Crippen LogP contribution in [0.5, 0.6) is 5.75 Å². The number of hydrogen-bond donors (Lipinski definition) is 2. The van der Waals surface area contributed by atoms with Gasteiger partial charge in [0.15, 0.2) is 17.4 Å². The van der Waals surface area contributed by atoms with E-state index >= 15 is 0 Å². The first kappa shape index (κ1) is 16.6. The molecule has 1 aliphatic heterocycles. The molecule has 0 unspecified atom stereocenters. The molecule has 2 N–H and O–H groups in total. The lowest BCUT2D eigenvalue weighted by Crippen LogP contribution is -2.31. The molecule has 25 heavy (non-hydrogen) atoms. The zero-order chi connectivity index (χ0) is 18.1. The summed E-state index contributed by atoms with van der Waals surface area (Å²) in [5, 5.41) is 11.6. The molecule has 3 rings (SSSR count). The number of hydrogen-bond acceptors (Lipinski definition) is 4. The summed E-state index contributed by atoms with van der Waals surface area (Å²) < 4.78 is 26.7. The summed E-state index contributed by atoms with van der Waals surface area (Å²) in [6.45, 7) is 2.02. The first-order chi connectivity index (χ1) is 11.8. The van der Waals surface area contributed by atoms with E-state index in [1.165, 1.54) is 0 Å². The highest BCUT2D eigenvalue weighted by molar-refractivity contribution is 6.17. The minimum absolute atomic E-state index is 0.0858. The minimum Gasteiger partial charge on any atom is -0.503 e. The Morgan fingerprint density at radius 1 is 1.08 bits per heavy atom. The van der Waals surface area contributed by atoms with Gasteiger partial charge in [0.25, 0.3) is 11.8 Å². The molecule has 2 amide bonds. The van der Waals surface area contributed by atoms with E-state index in [-0.39, 0.29) is 17.9 Å². The number of rotatable bonds is 4. The van der Waals surface area contributed by atoms with Crippen molar-refractivity contribution >= 4 is 17.5 Å². The number of aromatic hydroxyl groups is 1. The standard InChI is InChI=1S/C18H14F2N2O3/c1-10-2-4-11(5-3-10)9-22-16(23)8-15(18(22)25)21-12-6-13(19)17(24)14(20)7-12/h2-8,21,24H,9H2,1H3. The average molecular weight is 344 g/mol. The maximum Gasteiger partial charge on any atom is 0.277 e. The number of halogens is 2. The maximum atomic E-state index is 13.4. The van der Waals surface area contributed by atoms with Crippen molar-refractivity contribution in [3.8, 4) is 5.75 Å². The molecule has 0 saturated carbocycles. The van der Waals surface area contributed by atoms with Crippen LogP contribution in [0.25, 0.3) is 0 Å². The summed E-state index contributed by atoms with van der Waals surface area (Å²) in [6, 6.07) is 9.03. The Morgan fingerprint density at radius 3 is 2.28 bits per heavy atom. The number of amides is 2. The molecule has 2 aromatic rings. The van der Waals surface area contributed by atoms with Gasteiger partial charge in [-0.3, -0.25) is 14.5 Å². The van der Waals surface area contributed by atoms with Crippen LogP contribution in [0, 0.1) is 18.6 Å². The molecule has 7 heteroatoms. The third-order valence-electron chi connectivity index (χ3n) is 3.77. The second kappa shape index (κ2) is 6.35. The predicted molar refractivity (Wildman–Crippen MR) is 86.5 cm³/mol. The number of benzene rings is 2. The van der Waals surface area contributed by atoms with Gasteiger partial charge in [-0.2, -0.15) is 0 Å². The lowest BCUT2D eigenvalue weighted by atomic mass is 10.1. The Bertz CT molecular complexity index is 869. The number of carbonyl (C=O) groups excluding carboxylic acids is 2. The largest absolute Gasteiger partial charge is 0.503 e. The van der Waals surface area contributed by atoms with Gasteiger partial charge in [-0.25, -0.2) is 8.78 Å². The predicted octanol–water partition coefficient (Wildman–Crippen LogP) is 2.84. The molecule has 0 saturated heterocycles. The number of phenolic OH excluding ortho intramolecular Hbond substituents is 1. The van der Waals surface area contributed by atoms with E-state index in [4.69, 9.17) is 5.11 Å². The van der Waals surface area contributed by atoms with E-state index in [0.29, 0.717) is 0 Å². The fourth-order valence-corrected chi connectivity index (χ4v) is 2.42. The monoisotopic (exact) mass is 344 g/mol. The summed E-state index contributed by atoms with van der Waals surface area (Å²) in [5.74, 6) is -4.56. The van der Waals surface area contributed by atoms with Crippen molar-refractivity contribution in [2.24, 2.45) is 0 Å². The van der Waals surface area contributed by atoms with Crippen LogP contribution in [0.4, 0.5) is 14.5 Å². The van der Waals surface area contributed by atoms with Gasteiger partial charge in [-0.05, 0) is 12.5 Å². The molecule has 0 radical (unpaired) electrons. The highest BCUT2D eigenvalue weighted by Crippen LogP contribution is 2.26. The van der Waals surface area contributed by atoms with E-state index in [2.05, 4.69) is 5.32 Å². The quantitative estimate of drug-likeness (QED) is 0.661. The number of aryl methyl sites for hydroxylation is 1. The highest BCUT2D eigenvalue weighted by Gasteiger charge is 2.31. The van der Waals surface area contributed by atoms with Gasteiger partial charge in [-0.1, -0.05) is 29.8 Å². The molecule has 0 bridgehead atoms. The van der Waals surface area contributed by atoms with Crippen molar-refractivity contribution in [2.45, 2.75) is 13.5 Å². The summed E-state index contributed by atoms with van der Waals surface area (Å²) in [4.78, 5) is 25.4. The maximum absolute atomic E-state index is 13.4. The molecule has 0 fully saturated rings. The van der Waals surface area contributed by atoms with Gasteiger partial charge < -0.3 is 10.4 Å². The Hall–Kier alpha value is -3.22. The molecular formula is C18H14F2N2O3. The fraction of sp³-hybridized carbons (Fsp3) is 0.111. The molecule has 0 spiro atoms. The van der Waals surface area contributed by atoms with Crippen LogP contribution >= 0.6 is 0 Å². The summed E-state index contributed by atoms with van der Waals surface area (Å²) in [6.07, 6.45) is 1.07. The smallest absolute Gasteiger partial charge is 0.277 e. The Balaban J connectivity index is 1.76. The third-order valence-corrected chi connectivity index (χ3v) is 3.77. The number of nitrogens with one attached hydrogen (secondary N) is 1. The molecule has 5 nitrogen and oxygen atoms in total. The first-order valence-electron chi connectivity index (χ1n) is 7.43. The van der Waals surface area contributed by atoms with Gasteiger partial charge in [0.2, 0.25) is 0 Å². The van der Waals surface area contributed by atoms with E-state index < -0.39 is 29.2 Å².